The van der Waals surface area contributed by atoms with Crippen molar-refractivity contribution in [3.8, 4) is 0 Å². The average molecular weight is 381 g/mol. The zero-order valence-electron chi connectivity index (χ0n) is 16.2. The van der Waals surface area contributed by atoms with E-state index in [2.05, 4.69) is 6.92 Å². The molecule has 2 unspecified atom stereocenters. The molecule has 0 radical (unpaired) electrons. The van der Waals surface area contributed by atoms with Crippen LogP contribution in [-0.4, -0.2) is 40.6 Å². The van der Waals surface area contributed by atoms with E-state index in [-0.39, 0.29) is 12.8 Å². The maximum absolute atomic E-state index is 11.7. The molecular weight excluding hydrogens is 339 g/mol. The molecule has 152 valence electrons. The zero-order valence-corrected chi connectivity index (χ0v) is 17.1. The standard InChI is InChI=1S/C19H41O5P/c1-2-3-4-5-6-7-8-9-10-11-12-13-14-15-16-25(22,23)24-18-19(21)17-20/h19-21H,2-18H2,1H3,(H,22,23). The Kier molecular flexibility index (Phi) is 17.5. The molecule has 0 aromatic rings. The van der Waals surface area contributed by atoms with Gasteiger partial charge >= 0.3 is 7.60 Å². The molecule has 0 aliphatic heterocycles. The Hall–Kier alpha value is 0.0700. The fourth-order valence-corrected chi connectivity index (χ4v) is 3.98. The van der Waals surface area contributed by atoms with E-state index in [1.54, 1.807) is 0 Å². The maximum Gasteiger partial charge on any atom is 0.328 e. The highest BCUT2D eigenvalue weighted by molar-refractivity contribution is 7.52. The third kappa shape index (κ3) is 18.7. The second kappa shape index (κ2) is 17.5. The number of rotatable bonds is 19. The van der Waals surface area contributed by atoms with Gasteiger partial charge in [0, 0.05) is 6.16 Å². The van der Waals surface area contributed by atoms with Crippen LogP contribution in [0, 0.1) is 0 Å². The SMILES string of the molecule is CCCCCCCCCCCCCCCCP(=O)(O)OCC(O)CO. The molecule has 0 aliphatic rings. The van der Waals surface area contributed by atoms with Crippen LogP contribution in [0.2, 0.25) is 0 Å². The van der Waals surface area contributed by atoms with Crippen molar-refractivity contribution in [3.05, 3.63) is 0 Å². The summed E-state index contributed by atoms with van der Waals surface area (Å²) in [6.45, 7) is 1.50. The summed E-state index contributed by atoms with van der Waals surface area (Å²) in [6.07, 6.45) is 16.4. The lowest BCUT2D eigenvalue weighted by Gasteiger charge is -2.14. The molecule has 0 aromatic carbocycles. The lowest BCUT2D eigenvalue weighted by atomic mass is 10.0. The zero-order chi connectivity index (χ0) is 18.8. The predicted molar refractivity (Wildman–Crippen MR) is 104 cm³/mol. The summed E-state index contributed by atoms with van der Waals surface area (Å²) in [7, 11) is -3.62. The molecule has 0 saturated carbocycles. The Morgan fingerprint density at radius 3 is 1.60 bits per heavy atom. The van der Waals surface area contributed by atoms with Gasteiger partial charge in [-0.15, -0.1) is 0 Å². The molecule has 0 rings (SSSR count). The van der Waals surface area contributed by atoms with E-state index in [1.165, 1.54) is 70.6 Å². The molecule has 0 bridgehead atoms. The van der Waals surface area contributed by atoms with Crippen molar-refractivity contribution >= 4 is 7.60 Å². The normalized spacial score (nSPS) is 15.2. The van der Waals surface area contributed by atoms with E-state index in [0.29, 0.717) is 6.42 Å². The smallest absolute Gasteiger partial charge is 0.328 e. The first-order chi connectivity index (χ1) is 12.0. The predicted octanol–water partition coefficient (Wildman–Crippen LogP) is 5.02. The van der Waals surface area contributed by atoms with Crippen LogP contribution < -0.4 is 0 Å². The largest absolute Gasteiger partial charge is 0.394 e. The quantitative estimate of drug-likeness (QED) is 0.216. The second-order valence-corrected chi connectivity index (χ2v) is 9.07. The molecule has 0 fully saturated rings. The fraction of sp³-hybridized carbons (Fsp3) is 1.00. The fourth-order valence-electron chi connectivity index (χ4n) is 2.83. The average Bonchev–Trinajstić information content (AvgIpc) is 2.60. The lowest BCUT2D eigenvalue weighted by molar-refractivity contribution is 0.0496. The number of unbranched alkanes of at least 4 members (excludes halogenated alkanes) is 13. The van der Waals surface area contributed by atoms with Crippen LogP contribution in [-0.2, 0) is 9.09 Å². The summed E-state index contributed by atoms with van der Waals surface area (Å²) in [5.74, 6) is 0. The van der Waals surface area contributed by atoms with Crippen LogP contribution in [0.3, 0.4) is 0 Å². The summed E-state index contributed by atoms with van der Waals surface area (Å²) >= 11 is 0. The monoisotopic (exact) mass is 380 g/mol. The Labute approximate surface area is 154 Å². The second-order valence-electron chi connectivity index (χ2n) is 7.09. The van der Waals surface area contributed by atoms with Gasteiger partial charge in [0.2, 0.25) is 0 Å². The first-order valence-corrected chi connectivity index (χ1v) is 12.0. The maximum atomic E-state index is 11.7. The van der Waals surface area contributed by atoms with Gasteiger partial charge in [-0.3, -0.25) is 4.57 Å². The van der Waals surface area contributed by atoms with Crippen molar-refractivity contribution in [2.75, 3.05) is 19.4 Å². The van der Waals surface area contributed by atoms with Gasteiger partial charge in [-0.2, -0.15) is 0 Å². The molecule has 0 saturated heterocycles. The number of hydrogen-bond donors (Lipinski definition) is 3. The Bertz CT molecular complexity index is 325. The Morgan fingerprint density at radius 1 is 0.800 bits per heavy atom. The highest BCUT2D eigenvalue weighted by atomic mass is 31.2. The van der Waals surface area contributed by atoms with Crippen molar-refractivity contribution in [1.29, 1.82) is 0 Å². The van der Waals surface area contributed by atoms with Crippen LogP contribution in [0.5, 0.6) is 0 Å². The third-order valence-electron chi connectivity index (χ3n) is 4.47. The highest BCUT2D eigenvalue weighted by Gasteiger charge is 2.20. The molecule has 0 heterocycles. The van der Waals surface area contributed by atoms with Crippen LogP contribution in [0.15, 0.2) is 0 Å². The highest BCUT2D eigenvalue weighted by Crippen LogP contribution is 2.42. The van der Waals surface area contributed by atoms with Crippen molar-refractivity contribution in [2.24, 2.45) is 0 Å². The molecular formula is C19H41O5P. The number of hydrogen-bond acceptors (Lipinski definition) is 4. The molecule has 0 amide bonds. The van der Waals surface area contributed by atoms with Crippen molar-refractivity contribution in [1.82, 2.24) is 0 Å². The summed E-state index contributed by atoms with van der Waals surface area (Å²) in [4.78, 5) is 9.59. The minimum absolute atomic E-state index is 0.128. The van der Waals surface area contributed by atoms with E-state index >= 15 is 0 Å². The van der Waals surface area contributed by atoms with Crippen LogP contribution in [0.1, 0.15) is 96.8 Å². The van der Waals surface area contributed by atoms with E-state index < -0.39 is 20.3 Å². The molecule has 6 heteroatoms. The first kappa shape index (κ1) is 25.1. The van der Waals surface area contributed by atoms with Gasteiger partial charge in [0.1, 0.15) is 6.10 Å². The van der Waals surface area contributed by atoms with Gasteiger partial charge in [0.05, 0.1) is 13.2 Å². The summed E-state index contributed by atoms with van der Waals surface area (Å²) < 4.78 is 16.5. The van der Waals surface area contributed by atoms with E-state index in [9.17, 15) is 9.46 Å². The van der Waals surface area contributed by atoms with Crippen molar-refractivity contribution < 1.29 is 24.2 Å². The third-order valence-corrected chi connectivity index (χ3v) is 5.91. The van der Waals surface area contributed by atoms with Crippen LogP contribution in [0.25, 0.3) is 0 Å². The first-order valence-electron chi connectivity index (χ1n) is 10.3. The molecule has 3 N–H and O–H groups in total. The topological polar surface area (TPSA) is 87.0 Å². The van der Waals surface area contributed by atoms with E-state index in [0.717, 1.165) is 12.8 Å². The molecule has 25 heavy (non-hydrogen) atoms. The lowest BCUT2D eigenvalue weighted by Crippen LogP contribution is -2.18. The molecule has 0 spiro atoms. The van der Waals surface area contributed by atoms with Gasteiger partial charge in [0.25, 0.3) is 0 Å². The van der Waals surface area contributed by atoms with Gasteiger partial charge in [0.15, 0.2) is 0 Å². The van der Waals surface area contributed by atoms with Gasteiger partial charge < -0.3 is 19.6 Å². The Balaban J connectivity index is 3.29. The van der Waals surface area contributed by atoms with E-state index in [4.69, 9.17) is 14.7 Å². The van der Waals surface area contributed by atoms with Crippen molar-refractivity contribution in [3.63, 3.8) is 0 Å². The summed E-state index contributed by atoms with van der Waals surface area (Å²) in [6, 6.07) is 0. The minimum atomic E-state index is -3.62. The molecule has 2 atom stereocenters. The number of aliphatic hydroxyl groups excluding tert-OH is 2. The van der Waals surface area contributed by atoms with Crippen LogP contribution >= 0.6 is 7.60 Å². The van der Waals surface area contributed by atoms with E-state index in [1.807, 2.05) is 0 Å². The number of aliphatic hydroxyl groups is 2. The summed E-state index contributed by atoms with van der Waals surface area (Å²) in [5, 5.41) is 17.7. The van der Waals surface area contributed by atoms with Gasteiger partial charge in [-0.1, -0.05) is 90.4 Å². The van der Waals surface area contributed by atoms with Crippen molar-refractivity contribution in [2.45, 2.75) is 103 Å². The molecule has 5 nitrogen and oxygen atoms in total. The minimum Gasteiger partial charge on any atom is -0.394 e. The van der Waals surface area contributed by atoms with Gasteiger partial charge in [-0.05, 0) is 6.42 Å². The molecule has 0 aromatic heterocycles. The van der Waals surface area contributed by atoms with Crippen LogP contribution in [0.4, 0.5) is 0 Å². The summed E-state index contributed by atoms with van der Waals surface area (Å²) in [5.41, 5.74) is 0. The Morgan fingerprint density at radius 2 is 1.20 bits per heavy atom. The van der Waals surface area contributed by atoms with Gasteiger partial charge in [-0.25, -0.2) is 0 Å². The molecule has 0 aliphatic carbocycles.